The van der Waals surface area contributed by atoms with Crippen LogP contribution in [0.4, 0.5) is 0 Å². The first kappa shape index (κ1) is 24.5. The highest BCUT2D eigenvalue weighted by Gasteiger charge is 2.65. The first-order chi connectivity index (χ1) is 15.5. The van der Waals surface area contributed by atoms with Crippen LogP contribution in [0.5, 0.6) is 0 Å². The molecule has 6 nitrogen and oxygen atoms in total. The van der Waals surface area contributed by atoms with Gasteiger partial charge in [-0.3, -0.25) is 14.4 Å². The number of methoxy groups -OCH3 is 1. The maximum absolute atomic E-state index is 12.5. The van der Waals surface area contributed by atoms with Crippen molar-refractivity contribution in [2.45, 2.75) is 98.2 Å². The Bertz CT molecular complexity index is 793. The molecule has 4 fully saturated rings. The number of hydrogen-bond donors (Lipinski definition) is 0. The molecule has 4 rings (SSSR count). The van der Waals surface area contributed by atoms with Crippen LogP contribution < -0.4 is 0 Å². The molecule has 0 heterocycles. The van der Waals surface area contributed by atoms with Crippen molar-refractivity contribution in [3.05, 3.63) is 0 Å². The summed E-state index contributed by atoms with van der Waals surface area (Å²) in [5.74, 6) is 1.43. The molecule has 0 aromatic heterocycles. The standard InChI is InChI=1S/C27H42O6/c1-15(25(30)31-6)21-9-10-22-20-8-7-18-13-19(32-16(2)28)11-12-26(18,4)23(20)14-24(27(21,22)5)33-17(3)29/h15,18-24H,7-14H2,1-6H3/t15-,18+,19+,20-,21-,22+,23+,24-,26-,27-/m0/s1. The zero-order valence-corrected chi connectivity index (χ0v) is 21.2. The van der Waals surface area contributed by atoms with Crippen molar-refractivity contribution >= 4 is 17.9 Å². The van der Waals surface area contributed by atoms with Gasteiger partial charge in [-0.1, -0.05) is 20.8 Å². The van der Waals surface area contributed by atoms with E-state index in [1.165, 1.54) is 27.4 Å². The molecular formula is C27H42O6. The molecule has 0 bridgehead atoms. The normalized spacial score (nSPS) is 45.1. The van der Waals surface area contributed by atoms with Gasteiger partial charge >= 0.3 is 17.9 Å². The van der Waals surface area contributed by atoms with Crippen LogP contribution in [0.15, 0.2) is 0 Å². The summed E-state index contributed by atoms with van der Waals surface area (Å²) in [5.41, 5.74) is -0.0378. The van der Waals surface area contributed by atoms with E-state index in [1.807, 2.05) is 6.92 Å². The van der Waals surface area contributed by atoms with Crippen molar-refractivity contribution in [3.8, 4) is 0 Å². The van der Waals surface area contributed by atoms with Crippen LogP contribution in [0.1, 0.15) is 86.0 Å². The second kappa shape index (κ2) is 8.88. The van der Waals surface area contributed by atoms with Crippen molar-refractivity contribution in [1.82, 2.24) is 0 Å². The van der Waals surface area contributed by atoms with E-state index in [1.54, 1.807) is 0 Å². The number of hydrogen-bond acceptors (Lipinski definition) is 6. The molecule has 6 heteroatoms. The van der Waals surface area contributed by atoms with Gasteiger partial charge in [-0.05, 0) is 86.4 Å². The number of fused-ring (bicyclic) bond motifs is 5. The monoisotopic (exact) mass is 462 g/mol. The molecule has 4 aliphatic rings. The molecule has 186 valence electrons. The number of carbonyl (C=O) groups excluding carboxylic acids is 3. The summed E-state index contributed by atoms with van der Waals surface area (Å²) >= 11 is 0. The van der Waals surface area contributed by atoms with Gasteiger partial charge in [-0.15, -0.1) is 0 Å². The van der Waals surface area contributed by atoms with Gasteiger partial charge in [0.15, 0.2) is 0 Å². The van der Waals surface area contributed by atoms with Crippen LogP contribution in [0.2, 0.25) is 0 Å². The van der Waals surface area contributed by atoms with Crippen molar-refractivity contribution in [1.29, 1.82) is 0 Å². The van der Waals surface area contributed by atoms with E-state index in [2.05, 4.69) is 13.8 Å². The lowest BCUT2D eigenvalue weighted by atomic mass is 9.43. The zero-order valence-electron chi connectivity index (χ0n) is 21.2. The lowest BCUT2D eigenvalue weighted by molar-refractivity contribution is -0.198. The highest BCUT2D eigenvalue weighted by atomic mass is 16.5. The fourth-order valence-electron chi connectivity index (χ4n) is 9.08. The minimum absolute atomic E-state index is 0.0343. The summed E-state index contributed by atoms with van der Waals surface area (Å²) in [6.45, 7) is 9.71. The molecule has 0 radical (unpaired) electrons. The average Bonchev–Trinajstić information content (AvgIpc) is 3.11. The number of esters is 3. The van der Waals surface area contributed by atoms with Crippen LogP contribution in [-0.2, 0) is 28.6 Å². The minimum atomic E-state index is -0.231. The van der Waals surface area contributed by atoms with E-state index in [4.69, 9.17) is 14.2 Å². The molecule has 0 N–H and O–H groups in total. The Morgan fingerprint density at radius 1 is 0.879 bits per heavy atom. The summed E-state index contributed by atoms with van der Waals surface area (Å²) in [4.78, 5) is 36.3. The third-order valence-corrected chi connectivity index (χ3v) is 10.6. The van der Waals surface area contributed by atoms with E-state index in [9.17, 15) is 14.4 Å². The number of carbonyl (C=O) groups is 3. The van der Waals surface area contributed by atoms with Crippen LogP contribution in [-0.4, -0.2) is 37.2 Å². The molecular weight excluding hydrogens is 420 g/mol. The molecule has 4 aliphatic carbocycles. The van der Waals surface area contributed by atoms with E-state index in [0.717, 1.165) is 44.9 Å². The van der Waals surface area contributed by atoms with Crippen molar-refractivity contribution in [2.24, 2.45) is 46.3 Å². The van der Waals surface area contributed by atoms with Crippen molar-refractivity contribution in [2.75, 3.05) is 7.11 Å². The maximum Gasteiger partial charge on any atom is 0.308 e. The summed E-state index contributed by atoms with van der Waals surface area (Å²) in [6, 6.07) is 0. The number of rotatable bonds is 4. The Balaban J connectivity index is 1.64. The Labute approximate surface area is 198 Å². The molecule has 0 saturated heterocycles. The van der Waals surface area contributed by atoms with E-state index in [0.29, 0.717) is 23.7 Å². The Morgan fingerprint density at radius 2 is 1.58 bits per heavy atom. The van der Waals surface area contributed by atoms with Gasteiger partial charge in [0.1, 0.15) is 12.2 Å². The zero-order chi connectivity index (χ0) is 24.1. The van der Waals surface area contributed by atoms with Crippen molar-refractivity contribution in [3.63, 3.8) is 0 Å². The topological polar surface area (TPSA) is 78.9 Å². The van der Waals surface area contributed by atoms with Crippen molar-refractivity contribution < 1.29 is 28.6 Å². The summed E-state index contributed by atoms with van der Waals surface area (Å²) in [6.07, 6.45) is 8.03. The fourth-order valence-corrected chi connectivity index (χ4v) is 9.08. The van der Waals surface area contributed by atoms with E-state index < -0.39 is 0 Å². The molecule has 4 saturated carbocycles. The highest BCUT2D eigenvalue weighted by molar-refractivity contribution is 5.72. The lowest BCUT2D eigenvalue weighted by Gasteiger charge is -2.62. The third-order valence-electron chi connectivity index (χ3n) is 10.6. The first-order valence-corrected chi connectivity index (χ1v) is 12.9. The predicted octanol–water partition coefficient (Wildman–Crippen LogP) is 4.93. The quantitative estimate of drug-likeness (QED) is 0.435. The second-order valence-electron chi connectivity index (χ2n) is 11.9. The first-order valence-electron chi connectivity index (χ1n) is 12.9. The SMILES string of the molecule is COC(=O)[C@@H](C)[C@@H]1CC[C@@H]2[C@@H]3CC[C@@H]4C[C@H](OC(C)=O)CC[C@]4(C)[C@@H]3C[C@H](OC(C)=O)[C@]21C. The van der Waals surface area contributed by atoms with Crippen LogP contribution in [0.25, 0.3) is 0 Å². The van der Waals surface area contributed by atoms with E-state index in [-0.39, 0.29) is 52.8 Å². The van der Waals surface area contributed by atoms with Gasteiger partial charge in [0.05, 0.1) is 13.0 Å². The predicted molar refractivity (Wildman–Crippen MR) is 123 cm³/mol. The molecule has 0 aromatic carbocycles. The lowest BCUT2D eigenvalue weighted by Crippen LogP contribution is -2.60. The molecule has 0 amide bonds. The van der Waals surface area contributed by atoms with Gasteiger partial charge < -0.3 is 14.2 Å². The minimum Gasteiger partial charge on any atom is -0.469 e. The fraction of sp³-hybridized carbons (Fsp3) is 0.889. The molecule has 0 spiro atoms. The molecule has 0 unspecified atom stereocenters. The Morgan fingerprint density at radius 3 is 2.21 bits per heavy atom. The van der Waals surface area contributed by atoms with Crippen LogP contribution >= 0.6 is 0 Å². The molecule has 10 atom stereocenters. The summed E-state index contributed by atoms with van der Waals surface area (Å²) < 4.78 is 16.8. The van der Waals surface area contributed by atoms with Crippen LogP contribution in [0.3, 0.4) is 0 Å². The maximum atomic E-state index is 12.5. The average molecular weight is 463 g/mol. The second-order valence-corrected chi connectivity index (χ2v) is 11.9. The van der Waals surface area contributed by atoms with Gasteiger partial charge in [-0.25, -0.2) is 0 Å². The highest BCUT2D eigenvalue weighted by Crippen LogP contribution is 2.68. The van der Waals surface area contributed by atoms with E-state index >= 15 is 0 Å². The third kappa shape index (κ3) is 3.99. The molecule has 33 heavy (non-hydrogen) atoms. The Hall–Kier alpha value is -1.59. The molecule has 0 aliphatic heterocycles. The largest absolute Gasteiger partial charge is 0.469 e. The Kier molecular flexibility index (Phi) is 6.60. The molecule has 0 aromatic rings. The van der Waals surface area contributed by atoms with Gasteiger partial charge in [0, 0.05) is 19.3 Å². The van der Waals surface area contributed by atoms with Gasteiger partial charge in [-0.2, -0.15) is 0 Å². The smallest absolute Gasteiger partial charge is 0.308 e. The van der Waals surface area contributed by atoms with Gasteiger partial charge in [0.2, 0.25) is 0 Å². The van der Waals surface area contributed by atoms with Gasteiger partial charge in [0.25, 0.3) is 0 Å². The van der Waals surface area contributed by atoms with Crippen LogP contribution in [0, 0.1) is 46.3 Å². The summed E-state index contributed by atoms with van der Waals surface area (Å²) in [7, 11) is 1.46. The summed E-state index contributed by atoms with van der Waals surface area (Å²) in [5, 5.41) is 0. The number of ether oxygens (including phenoxy) is 3.